The number of hydrogen-bond acceptors (Lipinski definition) is 6. The molecule has 2 unspecified atom stereocenters. The zero-order chi connectivity index (χ0) is 18.6. The molecular weight excluding hydrogens is 380 g/mol. The van der Waals surface area contributed by atoms with Gasteiger partial charge in [0.1, 0.15) is 0 Å². The van der Waals surface area contributed by atoms with Crippen LogP contribution in [0, 0.1) is 0 Å². The lowest BCUT2D eigenvalue weighted by molar-refractivity contribution is 0.0932. The fraction of sp³-hybridized carbons (Fsp3) is 0.158. The molecule has 1 aromatic carbocycles. The number of thiophene rings is 2. The summed E-state index contributed by atoms with van der Waals surface area (Å²) in [7, 11) is 0. The molecule has 0 spiro atoms. The third-order valence-electron chi connectivity index (χ3n) is 4.25. The predicted octanol–water partition coefficient (Wildman–Crippen LogP) is 3.36. The van der Waals surface area contributed by atoms with E-state index in [0.29, 0.717) is 16.1 Å². The van der Waals surface area contributed by atoms with E-state index in [9.17, 15) is 9.59 Å². The molecule has 2 atom stereocenters. The number of hydrogen-bond donors (Lipinski definition) is 4. The first-order valence-corrected chi connectivity index (χ1v) is 10.3. The molecule has 1 fully saturated rings. The van der Waals surface area contributed by atoms with Crippen LogP contribution in [0.3, 0.4) is 0 Å². The Balaban J connectivity index is 1.32. The molecule has 27 heavy (non-hydrogen) atoms. The highest BCUT2D eigenvalue weighted by atomic mass is 32.1. The van der Waals surface area contributed by atoms with Gasteiger partial charge >= 0.3 is 0 Å². The van der Waals surface area contributed by atoms with Crippen LogP contribution in [-0.4, -0.2) is 18.0 Å². The summed E-state index contributed by atoms with van der Waals surface area (Å²) < 4.78 is 0. The van der Waals surface area contributed by atoms with Crippen molar-refractivity contribution in [1.29, 1.82) is 0 Å². The first kappa shape index (κ1) is 17.9. The minimum Gasteiger partial charge on any atom is -0.335 e. The molecular formula is C19H18N4O2S2. The third-order valence-corrected chi connectivity index (χ3v) is 6.10. The molecule has 138 valence electrons. The van der Waals surface area contributed by atoms with Crippen molar-refractivity contribution >= 4 is 40.2 Å². The maximum Gasteiger partial charge on any atom is 0.265 e. The predicted molar refractivity (Wildman–Crippen MR) is 108 cm³/mol. The van der Waals surface area contributed by atoms with Crippen LogP contribution < -0.4 is 21.5 Å². The number of carbonyl (C=O) groups excluding carboxylic acids is 2. The third kappa shape index (κ3) is 4.25. The molecule has 0 saturated carbocycles. The van der Waals surface area contributed by atoms with Gasteiger partial charge < -0.3 is 10.6 Å². The van der Waals surface area contributed by atoms with E-state index in [2.05, 4.69) is 27.6 Å². The zero-order valence-electron chi connectivity index (χ0n) is 14.3. The van der Waals surface area contributed by atoms with Crippen LogP contribution in [0.2, 0.25) is 0 Å². The zero-order valence-corrected chi connectivity index (χ0v) is 15.9. The number of amides is 2. The average Bonchev–Trinajstić information content (AvgIpc) is 3.43. The summed E-state index contributed by atoms with van der Waals surface area (Å²) in [4.78, 5) is 26.4. The minimum absolute atomic E-state index is 0.136. The lowest BCUT2D eigenvalue weighted by Crippen LogP contribution is -2.44. The Bertz CT molecular complexity index is 908. The van der Waals surface area contributed by atoms with Gasteiger partial charge in [-0.3, -0.25) is 9.59 Å². The number of benzene rings is 1. The van der Waals surface area contributed by atoms with E-state index in [0.717, 1.165) is 6.42 Å². The van der Waals surface area contributed by atoms with Crippen LogP contribution in [0.1, 0.15) is 37.4 Å². The summed E-state index contributed by atoms with van der Waals surface area (Å²) in [6.45, 7) is 0. The van der Waals surface area contributed by atoms with Gasteiger partial charge in [-0.1, -0.05) is 12.1 Å². The highest BCUT2D eigenvalue weighted by Gasteiger charge is 2.26. The fourth-order valence-corrected chi connectivity index (χ4v) is 4.28. The molecule has 1 saturated heterocycles. The van der Waals surface area contributed by atoms with Gasteiger partial charge in [-0.15, -0.1) is 22.7 Å². The summed E-state index contributed by atoms with van der Waals surface area (Å²) in [6, 6.07) is 14.8. The smallest absolute Gasteiger partial charge is 0.265 e. The van der Waals surface area contributed by atoms with E-state index in [1.54, 1.807) is 41.7 Å². The molecule has 4 N–H and O–H groups in total. The Morgan fingerprint density at radius 1 is 0.926 bits per heavy atom. The average molecular weight is 399 g/mol. The molecule has 1 aliphatic heterocycles. The van der Waals surface area contributed by atoms with Gasteiger partial charge in [0.25, 0.3) is 11.8 Å². The topological polar surface area (TPSA) is 82.3 Å². The van der Waals surface area contributed by atoms with Crippen molar-refractivity contribution in [2.45, 2.75) is 18.6 Å². The van der Waals surface area contributed by atoms with Gasteiger partial charge in [0.15, 0.2) is 0 Å². The van der Waals surface area contributed by atoms with Crippen molar-refractivity contribution < 1.29 is 9.59 Å². The van der Waals surface area contributed by atoms with Crippen molar-refractivity contribution in [3.8, 4) is 0 Å². The summed E-state index contributed by atoms with van der Waals surface area (Å²) in [5.74, 6) is -0.305. The molecule has 8 heteroatoms. The maximum absolute atomic E-state index is 12.5. The van der Waals surface area contributed by atoms with Crippen LogP contribution in [0.4, 0.5) is 5.69 Å². The van der Waals surface area contributed by atoms with Gasteiger partial charge in [0.05, 0.1) is 17.1 Å². The molecule has 1 aliphatic rings. The van der Waals surface area contributed by atoms with Crippen LogP contribution >= 0.6 is 22.7 Å². The van der Waals surface area contributed by atoms with Crippen molar-refractivity contribution in [1.82, 2.24) is 16.2 Å². The molecule has 2 amide bonds. The monoisotopic (exact) mass is 398 g/mol. The Kier molecular flexibility index (Phi) is 5.30. The highest BCUT2D eigenvalue weighted by Crippen LogP contribution is 2.25. The van der Waals surface area contributed by atoms with E-state index in [4.69, 9.17) is 0 Å². The normalized spacial score (nSPS) is 19.0. The SMILES string of the molecule is O=C(NC1CC(c2cccs2)NN1)c1ccc(NC(=O)c2cccs2)cc1. The van der Waals surface area contributed by atoms with Crippen LogP contribution in [0.25, 0.3) is 0 Å². The summed E-state index contributed by atoms with van der Waals surface area (Å²) in [6.07, 6.45) is 0.643. The van der Waals surface area contributed by atoms with Gasteiger partial charge in [0, 0.05) is 22.5 Å². The number of anilines is 1. The van der Waals surface area contributed by atoms with Crippen LogP contribution in [0.5, 0.6) is 0 Å². The Morgan fingerprint density at radius 2 is 1.70 bits per heavy atom. The van der Waals surface area contributed by atoms with Crippen molar-refractivity contribution in [2.24, 2.45) is 0 Å². The lowest BCUT2D eigenvalue weighted by Gasteiger charge is -2.12. The maximum atomic E-state index is 12.5. The molecule has 3 aromatic rings. The van der Waals surface area contributed by atoms with Gasteiger partial charge in [0.2, 0.25) is 0 Å². The lowest BCUT2D eigenvalue weighted by atomic mass is 10.1. The van der Waals surface area contributed by atoms with E-state index in [-0.39, 0.29) is 24.0 Å². The molecule has 0 bridgehead atoms. The van der Waals surface area contributed by atoms with Crippen molar-refractivity contribution in [3.05, 3.63) is 74.6 Å². The second-order valence-corrected chi connectivity index (χ2v) is 8.05. The quantitative estimate of drug-likeness (QED) is 0.531. The van der Waals surface area contributed by atoms with E-state index in [1.807, 2.05) is 22.9 Å². The largest absolute Gasteiger partial charge is 0.335 e. The van der Waals surface area contributed by atoms with Gasteiger partial charge in [-0.05, 0) is 47.2 Å². The first-order valence-electron chi connectivity index (χ1n) is 8.49. The highest BCUT2D eigenvalue weighted by molar-refractivity contribution is 7.12. The second kappa shape index (κ2) is 8.01. The summed E-state index contributed by atoms with van der Waals surface area (Å²) >= 11 is 3.08. The van der Waals surface area contributed by atoms with Gasteiger partial charge in [-0.25, -0.2) is 10.9 Å². The number of hydrazine groups is 1. The second-order valence-electron chi connectivity index (χ2n) is 6.13. The van der Waals surface area contributed by atoms with E-state index in [1.165, 1.54) is 16.2 Å². The minimum atomic E-state index is -0.155. The number of carbonyl (C=O) groups is 2. The molecule has 0 radical (unpaired) electrons. The summed E-state index contributed by atoms with van der Waals surface area (Å²) in [5.41, 5.74) is 7.53. The van der Waals surface area contributed by atoms with Crippen molar-refractivity contribution in [3.63, 3.8) is 0 Å². The van der Waals surface area contributed by atoms with Crippen LogP contribution in [0.15, 0.2) is 59.3 Å². The van der Waals surface area contributed by atoms with Gasteiger partial charge in [-0.2, -0.15) is 0 Å². The molecule has 0 aliphatic carbocycles. The number of rotatable bonds is 5. The Morgan fingerprint density at radius 3 is 2.41 bits per heavy atom. The van der Waals surface area contributed by atoms with Crippen molar-refractivity contribution in [2.75, 3.05) is 5.32 Å². The Hall–Kier alpha value is -2.52. The van der Waals surface area contributed by atoms with E-state index >= 15 is 0 Å². The molecule has 2 aromatic heterocycles. The summed E-state index contributed by atoms with van der Waals surface area (Å²) in [5, 5.41) is 9.70. The van der Waals surface area contributed by atoms with E-state index < -0.39 is 0 Å². The first-order chi connectivity index (χ1) is 13.2. The molecule has 4 rings (SSSR count). The van der Waals surface area contributed by atoms with Crippen LogP contribution in [-0.2, 0) is 0 Å². The standard InChI is InChI=1S/C19H18N4O2S2/c24-18(21-17-11-14(22-23-17)15-3-1-9-26-15)12-5-7-13(8-6-12)20-19(25)16-4-2-10-27-16/h1-10,14,17,22-23H,11H2,(H,20,25)(H,21,24). The molecule has 3 heterocycles. The number of nitrogens with one attached hydrogen (secondary N) is 4. The Labute approximate surface area is 164 Å². The molecule has 6 nitrogen and oxygen atoms in total. The fourth-order valence-electron chi connectivity index (χ4n) is 2.87.